The predicted octanol–water partition coefficient (Wildman–Crippen LogP) is 4.98. The van der Waals surface area contributed by atoms with Crippen molar-refractivity contribution in [2.45, 2.75) is 44.4 Å². The molecular weight excluding hydrogens is 378 g/mol. The lowest BCUT2D eigenvalue weighted by molar-refractivity contribution is -0.118. The summed E-state index contributed by atoms with van der Waals surface area (Å²) in [5.41, 5.74) is 3.32. The lowest BCUT2D eigenvalue weighted by atomic mass is 9.92. The average molecular weight is 403 g/mol. The Bertz CT molecular complexity index is 1230. The van der Waals surface area contributed by atoms with Gasteiger partial charge in [0.15, 0.2) is 11.5 Å². The molecule has 30 heavy (non-hydrogen) atoms. The van der Waals surface area contributed by atoms with Gasteiger partial charge in [0, 0.05) is 23.6 Å². The standard InChI is InChI=1S/C24H23N3O3.H2/c1-23(2,3)20-10-14-8-17(9-15(12-25)21(14)27-20)26-22(28)24(6-7-24)16-4-5-18-19(11-16)30-13-29-18;/h4-5,8-11,27H,6-7,13H2,1-3H3,(H,26,28);1H. The molecule has 0 atom stereocenters. The van der Waals surface area contributed by atoms with Crippen molar-refractivity contribution in [3.05, 3.63) is 53.2 Å². The molecule has 0 radical (unpaired) electrons. The van der Waals surface area contributed by atoms with Crippen LogP contribution in [0.1, 0.15) is 51.9 Å². The zero-order valence-corrected chi connectivity index (χ0v) is 17.3. The SMILES string of the molecule is CC(C)(C)c1cc2cc(NC(=O)C3(c4ccc5c(c4)OCO5)CC3)cc(C#N)c2[nH]1.[HH]. The topological polar surface area (TPSA) is 87.1 Å². The van der Waals surface area contributed by atoms with E-state index in [1.807, 2.05) is 24.3 Å². The van der Waals surface area contributed by atoms with Gasteiger partial charge in [-0.05, 0) is 48.7 Å². The van der Waals surface area contributed by atoms with Gasteiger partial charge in [-0.1, -0.05) is 26.8 Å². The van der Waals surface area contributed by atoms with Crippen molar-refractivity contribution in [1.29, 1.82) is 5.26 Å². The summed E-state index contributed by atoms with van der Waals surface area (Å²) in [5.74, 6) is 1.33. The molecule has 2 N–H and O–H groups in total. The molecule has 5 rings (SSSR count). The van der Waals surface area contributed by atoms with E-state index in [2.05, 4.69) is 43.2 Å². The third kappa shape index (κ3) is 2.89. The van der Waals surface area contributed by atoms with Crippen molar-refractivity contribution in [2.75, 3.05) is 12.1 Å². The number of benzene rings is 2. The summed E-state index contributed by atoms with van der Waals surface area (Å²) in [7, 11) is 0. The largest absolute Gasteiger partial charge is 0.454 e. The van der Waals surface area contributed by atoms with E-state index in [1.54, 1.807) is 6.07 Å². The maximum Gasteiger partial charge on any atom is 0.235 e. The van der Waals surface area contributed by atoms with E-state index in [4.69, 9.17) is 9.47 Å². The number of H-pyrrole nitrogens is 1. The normalized spacial score (nSPS) is 16.3. The van der Waals surface area contributed by atoms with Gasteiger partial charge in [-0.15, -0.1) is 0 Å². The number of anilines is 1. The third-order valence-corrected chi connectivity index (χ3v) is 6.02. The number of carbonyl (C=O) groups excluding carboxylic acids is 1. The van der Waals surface area contributed by atoms with Crippen molar-refractivity contribution >= 4 is 22.5 Å². The molecule has 1 aromatic heterocycles. The van der Waals surface area contributed by atoms with E-state index in [9.17, 15) is 10.1 Å². The first-order chi connectivity index (χ1) is 14.3. The van der Waals surface area contributed by atoms with Crippen LogP contribution in [-0.2, 0) is 15.6 Å². The number of carbonyl (C=O) groups is 1. The molecule has 6 nitrogen and oxygen atoms in total. The van der Waals surface area contributed by atoms with Crippen LogP contribution in [0.25, 0.3) is 10.9 Å². The van der Waals surface area contributed by atoms with Crippen molar-refractivity contribution in [3.63, 3.8) is 0 Å². The lowest BCUT2D eigenvalue weighted by Gasteiger charge is -2.16. The van der Waals surface area contributed by atoms with Crippen LogP contribution in [0.4, 0.5) is 5.69 Å². The van der Waals surface area contributed by atoms with E-state index >= 15 is 0 Å². The van der Waals surface area contributed by atoms with Crippen LogP contribution in [0.15, 0.2) is 36.4 Å². The number of amides is 1. The second kappa shape index (κ2) is 6.27. The summed E-state index contributed by atoms with van der Waals surface area (Å²) < 4.78 is 10.9. The molecule has 1 fully saturated rings. The second-order valence-corrected chi connectivity index (χ2v) is 9.14. The molecule has 1 saturated carbocycles. The van der Waals surface area contributed by atoms with Crippen LogP contribution in [-0.4, -0.2) is 17.7 Å². The molecule has 2 heterocycles. The molecule has 154 valence electrons. The van der Waals surface area contributed by atoms with E-state index in [0.717, 1.165) is 35.0 Å². The summed E-state index contributed by atoms with van der Waals surface area (Å²) in [4.78, 5) is 16.6. The molecule has 0 saturated heterocycles. The molecule has 1 aliphatic carbocycles. The van der Waals surface area contributed by atoms with Crippen molar-refractivity contribution in [2.24, 2.45) is 0 Å². The highest BCUT2D eigenvalue weighted by molar-refractivity contribution is 6.03. The molecule has 0 bridgehead atoms. The number of fused-ring (bicyclic) bond motifs is 2. The van der Waals surface area contributed by atoms with Gasteiger partial charge in [0.25, 0.3) is 0 Å². The van der Waals surface area contributed by atoms with Crippen molar-refractivity contribution in [3.8, 4) is 17.6 Å². The highest BCUT2D eigenvalue weighted by atomic mass is 16.7. The quantitative estimate of drug-likeness (QED) is 0.645. The van der Waals surface area contributed by atoms with Crippen LogP contribution >= 0.6 is 0 Å². The molecule has 0 spiro atoms. The molecule has 0 unspecified atom stereocenters. The van der Waals surface area contributed by atoms with E-state index < -0.39 is 5.41 Å². The first kappa shape index (κ1) is 18.6. The monoisotopic (exact) mass is 403 g/mol. The van der Waals surface area contributed by atoms with Crippen molar-refractivity contribution in [1.82, 2.24) is 4.98 Å². The van der Waals surface area contributed by atoms with Gasteiger partial charge in [0.05, 0.1) is 16.5 Å². The maximum atomic E-state index is 13.2. The molecule has 3 aromatic rings. The summed E-state index contributed by atoms with van der Waals surface area (Å²) in [6.45, 7) is 6.57. The fraction of sp³-hybridized carbons (Fsp3) is 0.333. The lowest BCUT2D eigenvalue weighted by Crippen LogP contribution is -2.27. The number of rotatable bonds is 3. The fourth-order valence-electron chi connectivity index (χ4n) is 4.03. The van der Waals surface area contributed by atoms with E-state index in [-0.39, 0.29) is 19.5 Å². The Morgan fingerprint density at radius 1 is 1.17 bits per heavy atom. The number of aromatic nitrogens is 1. The van der Waals surface area contributed by atoms with Crippen LogP contribution in [0.3, 0.4) is 0 Å². The first-order valence-electron chi connectivity index (χ1n) is 10.1. The van der Waals surface area contributed by atoms with Crippen LogP contribution in [0.2, 0.25) is 0 Å². The zero-order valence-electron chi connectivity index (χ0n) is 17.3. The smallest absolute Gasteiger partial charge is 0.235 e. The Labute approximate surface area is 176 Å². The van der Waals surface area contributed by atoms with Gasteiger partial charge in [0.1, 0.15) is 6.07 Å². The zero-order chi connectivity index (χ0) is 21.1. The number of hydrogen-bond donors (Lipinski definition) is 2. The number of ether oxygens (including phenoxy) is 2. The second-order valence-electron chi connectivity index (χ2n) is 9.14. The highest BCUT2D eigenvalue weighted by Gasteiger charge is 2.51. The summed E-state index contributed by atoms with van der Waals surface area (Å²) in [5, 5.41) is 13.6. The molecular formula is C24H25N3O3. The minimum atomic E-state index is -0.558. The minimum absolute atomic E-state index is 0. The minimum Gasteiger partial charge on any atom is -0.454 e. The van der Waals surface area contributed by atoms with Gasteiger partial charge < -0.3 is 19.8 Å². The highest BCUT2D eigenvalue weighted by Crippen LogP contribution is 2.51. The van der Waals surface area contributed by atoms with Crippen LogP contribution in [0.5, 0.6) is 11.5 Å². The Hall–Kier alpha value is -3.46. The van der Waals surface area contributed by atoms with Gasteiger partial charge >= 0.3 is 0 Å². The molecule has 2 aliphatic rings. The van der Waals surface area contributed by atoms with Crippen molar-refractivity contribution < 1.29 is 15.7 Å². The number of aromatic amines is 1. The molecule has 6 heteroatoms. The molecule has 1 aliphatic heterocycles. The number of nitrogens with one attached hydrogen (secondary N) is 2. The van der Waals surface area contributed by atoms with E-state index in [0.29, 0.717) is 22.7 Å². The van der Waals surface area contributed by atoms with Crippen LogP contribution < -0.4 is 14.8 Å². The fourth-order valence-corrected chi connectivity index (χ4v) is 4.03. The summed E-state index contributed by atoms with van der Waals surface area (Å²) in [6.07, 6.45) is 1.56. The van der Waals surface area contributed by atoms with E-state index in [1.165, 1.54) is 0 Å². The number of nitrogens with zero attached hydrogens (tertiary/aromatic N) is 1. The summed E-state index contributed by atoms with van der Waals surface area (Å²) >= 11 is 0. The Morgan fingerprint density at radius 2 is 1.93 bits per heavy atom. The Kier molecular flexibility index (Phi) is 3.88. The number of hydrogen-bond acceptors (Lipinski definition) is 4. The molecule has 2 aromatic carbocycles. The summed E-state index contributed by atoms with van der Waals surface area (Å²) in [6, 6.07) is 13.7. The predicted molar refractivity (Wildman–Crippen MR) is 116 cm³/mol. The van der Waals surface area contributed by atoms with Gasteiger partial charge in [-0.2, -0.15) is 5.26 Å². The van der Waals surface area contributed by atoms with Gasteiger partial charge in [0.2, 0.25) is 12.7 Å². The molecule has 1 amide bonds. The van der Waals surface area contributed by atoms with Crippen LogP contribution in [0, 0.1) is 11.3 Å². The van der Waals surface area contributed by atoms with Gasteiger partial charge in [-0.25, -0.2) is 0 Å². The Balaban J connectivity index is 0.00000231. The first-order valence-corrected chi connectivity index (χ1v) is 10.1. The number of nitriles is 1. The Morgan fingerprint density at radius 3 is 2.63 bits per heavy atom. The van der Waals surface area contributed by atoms with Gasteiger partial charge in [-0.3, -0.25) is 4.79 Å². The third-order valence-electron chi connectivity index (χ3n) is 6.02. The maximum absolute atomic E-state index is 13.2. The average Bonchev–Trinajstić information content (AvgIpc) is 3.18.